The lowest BCUT2D eigenvalue weighted by Gasteiger charge is -2.29. The maximum Gasteiger partial charge on any atom is 0.290 e. The molecule has 8 nitrogen and oxygen atoms in total. The standard InChI is InChI=1S/C31H37FN2O6/c1-4-38-26-18-21(6-8-25(26)39-15-10-20(2)3)28-27-29(35)23-19-22(32)7-9-24(23)40-30(27)31(36)34(28)12-5-11-33-13-16-37-17-14-33/h6-9,18-20,28H,4-5,10-17H2,1-3H3. The third kappa shape index (κ3) is 5.86. The van der Waals surface area contributed by atoms with Crippen LogP contribution in [-0.2, 0) is 4.74 Å². The van der Waals surface area contributed by atoms with Gasteiger partial charge in [0, 0.05) is 26.2 Å². The molecule has 9 heteroatoms. The highest BCUT2D eigenvalue weighted by molar-refractivity contribution is 5.99. The Morgan fingerprint density at radius 1 is 1.02 bits per heavy atom. The quantitative estimate of drug-likeness (QED) is 0.330. The first-order valence-electron chi connectivity index (χ1n) is 14.1. The molecule has 1 fully saturated rings. The first kappa shape index (κ1) is 28.1. The van der Waals surface area contributed by atoms with Crippen molar-refractivity contribution in [2.75, 3.05) is 52.6 Å². The maximum absolute atomic E-state index is 14.1. The van der Waals surface area contributed by atoms with Crippen molar-refractivity contribution in [2.24, 2.45) is 5.92 Å². The highest BCUT2D eigenvalue weighted by Gasteiger charge is 2.42. The zero-order valence-electron chi connectivity index (χ0n) is 23.4. The number of benzene rings is 2. The molecule has 0 N–H and O–H groups in total. The smallest absolute Gasteiger partial charge is 0.290 e. The first-order valence-corrected chi connectivity index (χ1v) is 14.1. The van der Waals surface area contributed by atoms with E-state index in [1.165, 1.54) is 18.2 Å². The molecule has 0 spiro atoms. The van der Waals surface area contributed by atoms with Crippen LogP contribution < -0.4 is 14.9 Å². The lowest BCUT2D eigenvalue weighted by Crippen LogP contribution is -2.38. The monoisotopic (exact) mass is 552 g/mol. The number of halogens is 1. The summed E-state index contributed by atoms with van der Waals surface area (Å²) in [6.45, 7) is 11.5. The zero-order valence-corrected chi connectivity index (χ0v) is 23.4. The van der Waals surface area contributed by atoms with Gasteiger partial charge in [0.1, 0.15) is 11.4 Å². The van der Waals surface area contributed by atoms with Gasteiger partial charge in [0.25, 0.3) is 5.91 Å². The topological polar surface area (TPSA) is 81.5 Å². The molecule has 2 aromatic carbocycles. The van der Waals surface area contributed by atoms with Gasteiger partial charge in [-0.1, -0.05) is 19.9 Å². The van der Waals surface area contributed by atoms with Gasteiger partial charge in [-0.15, -0.1) is 0 Å². The van der Waals surface area contributed by atoms with E-state index in [0.29, 0.717) is 62.4 Å². The molecule has 0 saturated carbocycles. The molecule has 3 aromatic rings. The SMILES string of the molecule is CCOc1cc(C2c3c(oc4ccc(F)cc4c3=O)C(=O)N2CCCN2CCOCC2)ccc1OCCC(C)C. The third-order valence-corrected chi connectivity index (χ3v) is 7.44. The normalized spacial score (nSPS) is 17.6. The average Bonchev–Trinajstić information content (AvgIpc) is 3.22. The second-order valence-corrected chi connectivity index (χ2v) is 10.7. The molecule has 1 amide bonds. The number of carbonyl (C=O) groups is 1. The predicted molar refractivity (Wildman–Crippen MR) is 150 cm³/mol. The van der Waals surface area contributed by atoms with E-state index in [2.05, 4.69) is 18.7 Å². The number of amides is 1. The molecule has 2 aliphatic rings. The molecule has 0 radical (unpaired) electrons. The molecule has 1 aromatic heterocycles. The number of fused-ring (bicyclic) bond motifs is 2. The van der Waals surface area contributed by atoms with Crippen LogP contribution in [0, 0.1) is 11.7 Å². The summed E-state index contributed by atoms with van der Waals surface area (Å²) in [5.41, 5.74) is 0.725. The Kier molecular flexibility index (Phi) is 8.71. The Hall–Kier alpha value is -3.43. The van der Waals surface area contributed by atoms with Crippen LogP contribution in [0.1, 0.15) is 61.3 Å². The van der Waals surface area contributed by atoms with Crippen molar-refractivity contribution in [3.63, 3.8) is 0 Å². The number of carbonyl (C=O) groups excluding carboxylic acids is 1. The Bertz CT molecular complexity index is 1410. The van der Waals surface area contributed by atoms with Gasteiger partial charge in [0.2, 0.25) is 5.76 Å². The van der Waals surface area contributed by atoms with Crippen LogP contribution in [0.5, 0.6) is 11.5 Å². The molecule has 2 aliphatic heterocycles. The average molecular weight is 553 g/mol. The van der Waals surface area contributed by atoms with Crippen molar-refractivity contribution in [3.05, 3.63) is 69.3 Å². The number of hydrogen-bond donors (Lipinski definition) is 0. The van der Waals surface area contributed by atoms with E-state index in [4.69, 9.17) is 18.6 Å². The number of hydrogen-bond acceptors (Lipinski definition) is 7. The molecule has 1 unspecified atom stereocenters. The van der Waals surface area contributed by atoms with Gasteiger partial charge in [0.05, 0.1) is 43.4 Å². The first-order chi connectivity index (χ1) is 19.4. The fourth-order valence-electron chi connectivity index (χ4n) is 5.35. The Morgan fingerprint density at radius 2 is 1.82 bits per heavy atom. The summed E-state index contributed by atoms with van der Waals surface area (Å²) in [4.78, 5) is 31.5. The minimum absolute atomic E-state index is 0.00991. The summed E-state index contributed by atoms with van der Waals surface area (Å²) in [5.74, 6) is 0.790. The lowest BCUT2D eigenvalue weighted by molar-refractivity contribution is 0.0353. The van der Waals surface area contributed by atoms with Crippen LogP contribution in [0.3, 0.4) is 0 Å². The van der Waals surface area contributed by atoms with Crippen molar-refractivity contribution < 1.29 is 27.8 Å². The van der Waals surface area contributed by atoms with Crippen molar-refractivity contribution in [2.45, 2.75) is 39.7 Å². The lowest BCUT2D eigenvalue weighted by atomic mass is 9.98. The minimum Gasteiger partial charge on any atom is -0.490 e. The van der Waals surface area contributed by atoms with E-state index in [-0.39, 0.29) is 28.2 Å². The van der Waals surface area contributed by atoms with Gasteiger partial charge in [0.15, 0.2) is 16.9 Å². The summed E-state index contributed by atoms with van der Waals surface area (Å²) in [7, 11) is 0. The largest absolute Gasteiger partial charge is 0.490 e. The molecule has 1 atom stereocenters. The molecular weight excluding hydrogens is 515 g/mol. The second kappa shape index (κ2) is 12.4. The van der Waals surface area contributed by atoms with Gasteiger partial charge in [-0.05, 0) is 61.6 Å². The van der Waals surface area contributed by atoms with Crippen molar-refractivity contribution in [3.8, 4) is 11.5 Å². The van der Waals surface area contributed by atoms with E-state index >= 15 is 0 Å². The van der Waals surface area contributed by atoms with Gasteiger partial charge < -0.3 is 23.5 Å². The van der Waals surface area contributed by atoms with Gasteiger partial charge >= 0.3 is 0 Å². The minimum atomic E-state index is -0.694. The van der Waals surface area contributed by atoms with Crippen LogP contribution in [0.25, 0.3) is 11.0 Å². The molecule has 1 saturated heterocycles. The van der Waals surface area contributed by atoms with Crippen LogP contribution >= 0.6 is 0 Å². The van der Waals surface area contributed by atoms with E-state index in [0.717, 1.165) is 26.1 Å². The Balaban J connectivity index is 1.52. The highest BCUT2D eigenvalue weighted by Crippen LogP contribution is 2.41. The number of morpholine rings is 1. The van der Waals surface area contributed by atoms with E-state index < -0.39 is 17.3 Å². The van der Waals surface area contributed by atoms with E-state index in [1.807, 2.05) is 25.1 Å². The van der Waals surface area contributed by atoms with Gasteiger partial charge in [-0.25, -0.2) is 4.39 Å². The predicted octanol–water partition coefficient (Wildman–Crippen LogP) is 5.02. The summed E-state index contributed by atoms with van der Waals surface area (Å²) in [6, 6.07) is 8.63. The second-order valence-electron chi connectivity index (χ2n) is 10.7. The van der Waals surface area contributed by atoms with Gasteiger partial charge in [-0.3, -0.25) is 14.5 Å². The fourth-order valence-corrected chi connectivity index (χ4v) is 5.35. The van der Waals surface area contributed by atoms with Crippen molar-refractivity contribution in [1.82, 2.24) is 9.80 Å². The van der Waals surface area contributed by atoms with Gasteiger partial charge in [-0.2, -0.15) is 0 Å². The molecule has 0 bridgehead atoms. The summed E-state index contributed by atoms with van der Waals surface area (Å²) >= 11 is 0. The van der Waals surface area contributed by atoms with E-state index in [9.17, 15) is 14.0 Å². The Morgan fingerprint density at radius 3 is 2.58 bits per heavy atom. The van der Waals surface area contributed by atoms with Crippen LogP contribution in [0.2, 0.25) is 0 Å². The van der Waals surface area contributed by atoms with E-state index in [1.54, 1.807) is 4.90 Å². The summed E-state index contributed by atoms with van der Waals surface area (Å²) in [5, 5.41) is 0.116. The molecule has 0 aliphatic carbocycles. The fraction of sp³-hybridized carbons (Fsp3) is 0.484. The van der Waals surface area contributed by atoms with Crippen LogP contribution in [-0.4, -0.2) is 68.3 Å². The van der Waals surface area contributed by atoms with Crippen LogP contribution in [0.4, 0.5) is 4.39 Å². The molecule has 40 heavy (non-hydrogen) atoms. The van der Waals surface area contributed by atoms with Crippen LogP contribution in [0.15, 0.2) is 45.6 Å². The van der Waals surface area contributed by atoms with Crippen molar-refractivity contribution >= 4 is 16.9 Å². The zero-order chi connectivity index (χ0) is 28.2. The number of ether oxygens (including phenoxy) is 3. The summed E-state index contributed by atoms with van der Waals surface area (Å²) in [6.07, 6.45) is 1.62. The molecule has 5 rings (SSSR count). The molecule has 3 heterocycles. The Labute approximate surface area is 233 Å². The maximum atomic E-state index is 14.1. The molecule has 214 valence electrons. The number of rotatable bonds is 11. The summed E-state index contributed by atoms with van der Waals surface area (Å²) < 4.78 is 37.5. The number of nitrogens with zero attached hydrogens (tertiary/aromatic N) is 2. The molecular formula is C31H37FN2O6. The highest BCUT2D eigenvalue weighted by atomic mass is 19.1. The van der Waals surface area contributed by atoms with Crippen molar-refractivity contribution in [1.29, 1.82) is 0 Å². The third-order valence-electron chi connectivity index (χ3n) is 7.44.